The summed E-state index contributed by atoms with van der Waals surface area (Å²) in [7, 11) is 0. The maximum absolute atomic E-state index is 5.96. The molecule has 0 saturated carbocycles. The molecule has 0 N–H and O–H groups in total. The molecule has 4 heteroatoms. The molecule has 1 aliphatic rings. The van der Waals surface area contributed by atoms with Gasteiger partial charge in [0.15, 0.2) is 0 Å². The number of hydrogen-bond acceptors (Lipinski definition) is 3. The molecule has 0 aliphatic carbocycles. The first-order valence-electron chi connectivity index (χ1n) is 6.01. The van der Waals surface area contributed by atoms with Crippen LogP contribution < -0.4 is 4.90 Å². The molecule has 0 radical (unpaired) electrons. The van der Waals surface area contributed by atoms with Crippen molar-refractivity contribution in [3.05, 3.63) is 17.0 Å². The standard InChI is InChI=1S/C12H18ClN3/c1-3-5-10-8-11(15-12(13)14-10)16-7-4-6-9(16)2/h8-9H,3-7H2,1-2H3/t9-/m1/s1. The van der Waals surface area contributed by atoms with Crippen molar-refractivity contribution in [1.82, 2.24) is 9.97 Å². The fourth-order valence-corrected chi connectivity index (χ4v) is 2.45. The quantitative estimate of drug-likeness (QED) is 0.760. The van der Waals surface area contributed by atoms with Crippen molar-refractivity contribution in [1.29, 1.82) is 0 Å². The van der Waals surface area contributed by atoms with Crippen LogP contribution in [-0.4, -0.2) is 22.6 Å². The Hall–Kier alpha value is -0.830. The van der Waals surface area contributed by atoms with Crippen LogP contribution in [0.25, 0.3) is 0 Å². The number of rotatable bonds is 3. The smallest absolute Gasteiger partial charge is 0.224 e. The molecule has 0 bridgehead atoms. The molecule has 0 unspecified atom stereocenters. The highest BCUT2D eigenvalue weighted by Crippen LogP contribution is 2.25. The predicted molar refractivity (Wildman–Crippen MR) is 67.1 cm³/mol. The minimum atomic E-state index is 0.375. The van der Waals surface area contributed by atoms with Gasteiger partial charge in [-0.2, -0.15) is 0 Å². The van der Waals surface area contributed by atoms with E-state index in [0.29, 0.717) is 11.3 Å². The van der Waals surface area contributed by atoms with Crippen molar-refractivity contribution < 1.29 is 0 Å². The SMILES string of the molecule is CCCc1cc(N2CCC[C@H]2C)nc(Cl)n1. The van der Waals surface area contributed by atoms with Crippen molar-refractivity contribution >= 4 is 17.4 Å². The number of halogens is 1. The zero-order valence-corrected chi connectivity index (χ0v) is 10.7. The Bertz CT molecular complexity index is 367. The second kappa shape index (κ2) is 5.00. The Labute approximate surface area is 102 Å². The van der Waals surface area contributed by atoms with Crippen LogP contribution in [0.15, 0.2) is 6.07 Å². The van der Waals surface area contributed by atoms with E-state index in [1.54, 1.807) is 0 Å². The van der Waals surface area contributed by atoms with Gasteiger partial charge in [0, 0.05) is 24.3 Å². The lowest BCUT2D eigenvalue weighted by Crippen LogP contribution is -2.27. The monoisotopic (exact) mass is 239 g/mol. The maximum Gasteiger partial charge on any atom is 0.224 e. The van der Waals surface area contributed by atoms with E-state index in [1.807, 2.05) is 0 Å². The van der Waals surface area contributed by atoms with Crippen LogP contribution in [0.5, 0.6) is 0 Å². The highest BCUT2D eigenvalue weighted by atomic mass is 35.5. The molecule has 1 aromatic heterocycles. The van der Waals surface area contributed by atoms with Crippen molar-refractivity contribution in [2.75, 3.05) is 11.4 Å². The molecule has 16 heavy (non-hydrogen) atoms. The molecule has 3 nitrogen and oxygen atoms in total. The highest BCUT2D eigenvalue weighted by molar-refractivity contribution is 6.28. The van der Waals surface area contributed by atoms with Crippen LogP contribution in [-0.2, 0) is 6.42 Å². The van der Waals surface area contributed by atoms with Crippen LogP contribution in [0.4, 0.5) is 5.82 Å². The summed E-state index contributed by atoms with van der Waals surface area (Å²) in [4.78, 5) is 10.9. The van der Waals surface area contributed by atoms with Crippen molar-refractivity contribution in [2.45, 2.75) is 45.6 Å². The summed E-state index contributed by atoms with van der Waals surface area (Å²) in [5.74, 6) is 0.994. The Kier molecular flexibility index (Phi) is 3.64. The van der Waals surface area contributed by atoms with Gasteiger partial charge in [0.05, 0.1) is 0 Å². The minimum absolute atomic E-state index is 0.375. The fraction of sp³-hybridized carbons (Fsp3) is 0.667. The molecule has 88 valence electrons. The first kappa shape index (κ1) is 11.6. The second-order valence-electron chi connectivity index (χ2n) is 4.42. The topological polar surface area (TPSA) is 29.0 Å². The van der Waals surface area contributed by atoms with Gasteiger partial charge in [0.25, 0.3) is 0 Å². The zero-order valence-electron chi connectivity index (χ0n) is 9.91. The minimum Gasteiger partial charge on any atom is -0.354 e. The van der Waals surface area contributed by atoms with Gasteiger partial charge in [-0.25, -0.2) is 9.97 Å². The summed E-state index contributed by atoms with van der Waals surface area (Å²) in [5, 5.41) is 0.375. The van der Waals surface area contributed by atoms with Gasteiger partial charge in [-0.3, -0.25) is 0 Å². The molecule has 1 aliphatic heterocycles. The molecule has 1 atom stereocenters. The summed E-state index contributed by atoms with van der Waals surface area (Å²) >= 11 is 5.96. The van der Waals surface area contributed by atoms with E-state index in [1.165, 1.54) is 12.8 Å². The first-order chi connectivity index (χ1) is 7.70. The third-order valence-corrected chi connectivity index (χ3v) is 3.26. The molecule has 2 heterocycles. The number of aromatic nitrogens is 2. The zero-order chi connectivity index (χ0) is 11.5. The molecule has 0 amide bonds. The van der Waals surface area contributed by atoms with E-state index < -0.39 is 0 Å². The van der Waals surface area contributed by atoms with Crippen molar-refractivity contribution in [3.63, 3.8) is 0 Å². The van der Waals surface area contributed by atoms with E-state index in [9.17, 15) is 0 Å². The van der Waals surface area contributed by atoms with Gasteiger partial charge in [-0.15, -0.1) is 0 Å². The fourth-order valence-electron chi connectivity index (χ4n) is 2.26. The van der Waals surface area contributed by atoms with E-state index >= 15 is 0 Å². The number of anilines is 1. The van der Waals surface area contributed by atoms with Gasteiger partial charge < -0.3 is 4.90 Å². The Morgan fingerprint density at radius 2 is 2.31 bits per heavy atom. The lowest BCUT2D eigenvalue weighted by atomic mass is 10.2. The normalized spacial score (nSPS) is 20.4. The van der Waals surface area contributed by atoms with Gasteiger partial charge >= 0.3 is 0 Å². The first-order valence-corrected chi connectivity index (χ1v) is 6.38. The second-order valence-corrected chi connectivity index (χ2v) is 4.76. The van der Waals surface area contributed by atoms with Crippen LogP contribution in [0, 0.1) is 0 Å². The third kappa shape index (κ3) is 2.46. The summed E-state index contributed by atoms with van der Waals surface area (Å²) in [6, 6.07) is 2.65. The molecule has 0 spiro atoms. The van der Waals surface area contributed by atoms with E-state index in [2.05, 4.69) is 34.8 Å². The van der Waals surface area contributed by atoms with E-state index in [0.717, 1.165) is 30.9 Å². The molecule has 1 saturated heterocycles. The molecular formula is C12H18ClN3. The van der Waals surface area contributed by atoms with Crippen LogP contribution >= 0.6 is 11.6 Å². The highest BCUT2D eigenvalue weighted by Gasteiger charge is 2.22. The summed E-state index contributed by atoms with van der Waals surface area (Å²) in [5.41, 5.74) is 1.05. The Balaban J connectivity index is 2.25. The summed E-state index contributed by atoms with van der Waals surface area (Å²) in [6.07, 6.45) is 4.54. The molecular weight excluding hydrogens is 222 g/mol. The number of nitrogens with zero attached hydrogens (tertiary/aromatic N) is 3. The third-order valence-electron chi connectivity index (χ3n) is 3.09. The average Bonchev–Trinajstić information content (AvgIpc) is 2.64. The van der Waals surface area contributed by atoms with Crippen molar-refractivity contribution in [3.8, 4) is 0 Å². The molecule has 0 aromatic carbocycles. The Morgan fingerprint density at radius 3 is 2.94 bits per heavy atom. The van der Waals surface area contributed by atoms with E-state index in [4.69, 9.17) is 11.6 Å². The molecule has 2 rings (SSSR count). The lowest BCUT2D eigenvalue weighted by Gasteiger charge is -2.22. The summed E-state index contributed by atoms with van der Waals surface area (Å²) in [6.45, 7) is 5.47. The van der Waals surface area contributed by atoms with Crippen molar-refractivity contribution in [2.24, 2.45) is 0 Å². The van der Waals surface area contributed by atoms with Gasteiger partial charge in [-0.05, 0) is 37.8 Å². The maximum atomic E-state index is 5.96. The van der Waals surface area contributed by atoms with Crippen LogP contribution in [0.3, 0.4) is 0 Å². The van der Waals surface area contributed by atoms with Crippen LogP contribution in [0.1, 0.15) is 38.8 Å². The van der Waals surface area contributed by atoms with Gasteiger partial charge in [-0.1, -0.05) is 13.3 Å². The molecule has 1 fully saturated rings. The number of aryl methyl sites for hydroxylation is 1. The Morgan fingerprint density at radius 1 is 1.50 bits per heavy atom. The average molecular weight is 240 g/mol. The van der Waals surface area contributed by atoms with E-state index in [-0.39, 0.29) is 0 Å². The molecule has 1 aromatic rings. The lowest BCUT2D eigenvalue weighted by molar-refractivity contribution is 0.723. The number of hydrogen-bond donors (Lipinski definition) is 0. The van der Waals surface area contributed by atoms with Crippen LogP contribution in [0.2, 0.25) is 5.28 Å². The largest absolute Gasteiger partial charge is 0.354 e. The predicted octanol–water partition coefficient (Wildman–Crippen LogP) is 3.07. The van der Waals surface area contributed by atoms with Gasteiger partial charge in [0.1, 0.15) is 5.82 Å². The summed E-state index contributed by atoms with van der Waals surface area (Å²) < 4.78 is 0. The van der Waals surface area contributed by atoms with Gasteiger partial charge in [0.2, 0.25) is 5.28 Å².